The molecule has 1 aliphatic heterocycles. The molecule has 3 amide bonds. The number of nitrogens with one attached hydrogen (secondary N) is 3. The van der Waals surface area contributed by atoms with Gasteiger partial charge < -0.3 is 35.8 Å². The minimum atomic E-state index is -0.772. The predicted molar refractivity (Wildman–Crippen MR) is 265 cm³/mol. The van der Waals surface area contributed by atoms with Gasteiger partial charge in [0.25, 0.3) is 0 Å². The number of carbonyl (C=O) groups excluding carboxylic acids is 3. The molecule has 0 radical (unpaired) electrons. The van der Waals surface area contributed by atoms with E-state index in [1.54, 1.807) is 28.4 Å². The largest absolute Gasteiger partial charge is 0.508 e. The second kappa shape index (κ2) is 24.3. The molecule has 1 saturated heterocycles. The van der Waals surface area contributed by atoms with Crippen LogP contribution in [-0.2, 0) is 20.9 Å². The van der Waals surface area contributed by atoms with E-state index in [9.17, 15) is 24.6 Å². The van der Waals surface area contributed by atoms with Crippen LogP contribution in [0.15, 0.2) is 109 Å². The van der Waals surface area contributed by atoms with Gasteiger partial charge in [-0.25, -0.2) is 4.98 Å². The molecule has 5 aromatic rings. The third-order valence-corrected chi connectivity index (χ3v) is 13.0. The van der Waals surface area contributed by atoms with Crippen molar-refractivity contribution in [3.05, 3.63) is 137 Å². The number of rotatable bonds is 22. The first kappa shape index (κ1) is 49.9. The van der Waals surface area contributed by atoms with Crippen LogP contribution in [0.3, 0.4) is 0 Å². The Bertz CT molecular complexity index is 2360. The van der Waals surface area contributed by atoms with E-state index in [0.29, 0.717) is 50.7 Å². The molecular formula is C53H64ClN5O6S. The Hall–Kier alpha value is -5.53. The summed E-state index contributed by atoms with van der Waals surface area (Å²) in [6, 6.07) is 32.0. The number of alkyl halides is 1. The molecule has 1 aliphatic rings. The Balaban J connectivity index is 0.896. The minimum Gasteiger partial charge on any atom is -0.508 e. The molecule has 1 aromatic heterocycles. The number of thiazole rings is 1. The van der Waals surface area contributed by atoms with Crippen molar-refractivity contribution in [2.24, 2.45) is 5.41 Å². The molecule has 6 rings (SSSR count). The molecule has 0 saturated carbocycles. The Morgan fingerprint density at radius 1 is 0.848 bits per heavy atom. The molecule has 0 spiro atoms. The fourth-order valence-corrected chi connectivity index (χ4v) is 9.36. The number of allylic oxidation sites excluding steroid dienone is 1. The Morgan fingerprint density at radius 2 is 1.53 bits per heavy atom. The van der Waals surface area contributed by atoms with E-state index in [2.05, 4.69) is 33.1 Å². The third kappa shape index (κ3) is 14.0. The number of aromatic hydroxyl groups is 1. The van der Waals surface area contributed by atoms with Crippen molar-refractivity contribution < 1.29 is 29.3 Å². The zero-order valence-corrected chi connectivity index (χ0v) is 40.1. The highest BCUT2D eigenvalue weighted by Crippen LogP contribution is 2.36. The second-order valence-corrected chi connectivity index (χ2v) is 19.2. The highest BCUT2D eigenvalue weighted by Gasteiger charge is 2.43. The highest BCUT2D eigenvalue weighted by atomic mass is 35.5. The number of amides is 3. The molecule has 4 aromatic carbocycles. The van der Waals surface area contributed by atoms with Crippen molar-refractivity contribution in [2.45, 2.75) is 97.4 Å². The molecule has 1 fully saturated rings. The normalized spacial score (nSPS) is 15.8. The van der Waals surface area contributed by atoms with Gasteiger partial charge in [0.1, 0.15) is 24.1 Å². The van der Waals surface area contributed by atoms with Crippen LogP contribution in [-0.4, -0.2) is 88.1 Å². The molecule has 66 heavy (non-hydrogen) atoms. The number of likely N-dealkylation sites (tertiary alicyclic amines) is 1. The third-order valence-electron chi connectivity index (χ3n) is 11.8. The molecule has 0 bridgehead atoms. The summed E-state index contributed by atoms with van der Waals surface area (Å²) in [7, 11) is 0. The first-order valence-electron chi connectivity index (χ1n) is 22.9. The van der Waals surface area contributed by atoms with Crippen molar-refractivity contribution in [1.82, 2.24) is 25.8 Å². The topological polar surface area (TPSA) is 153 Å². The summed E-state index contributed by atoms with van der Waals surface area (Å²) < 4.78 is 5.98. The fourth-order valence-electron chi connectivity index (χ4n) is 8.36. The monoisotopic (exact) mass is 933 g/mol. The van der Waals surface area contributed by atoms with Crippen molar-refractivity contribution in [3.63, 3.8) is 0 Å². The van der Waals surface area contributed by atoms with Crippen LogP contribution in [0.4, 0.5) is 0 Å². The van der Waals surface area contributed by atoms with Gasteiger partial charge in [0.15, 0.2) is 0 Å². The number of phenols is 1. The van der Waals surface area contributed by atoms with Crippen LogP contribution < -0.4 is 20.7 Å². The maximum absolute atomic E-state index is 14.0. The Kier molecular flexibility index (Phi) is 18.4. The molecular weight excluding hydrogens is 870 g/mol. The summed E-state index contributed by atoms with van der Waals surface area (Å²) in [5.74, 6) is 0.878. The number of aliphatic hydroxyl groups excluding tert-OH is 1. The van der Waals surface area contributed by atoms with Gasteiger partial charge >= 0.3 is 0 Å². The standard InChI is InChI=1S/C53H64ClN5O6S/c1-36-49(66-35-58-36)41-17-15-37(16-18-41)33-57-51(63)46-32-43(61)34-59(46)52(64)50(53(2,3)4)56-29-11-6-5-10-14-47(62)55-30-31-65-44-25-21-40(22-26-44)48(39-19-23-42(60)24-20-39)45(27-28-54)38-12-8-7-9-13-38/h7-9,12-13,15-26,35,43,46,50,56,60-61H,5-6,10-11,14,27-34H2,1-4H3,(H,55,62)(H,57,63)/t43-,46+,50-/m1/s1. The summed E-state index contributed by atoms with van der Waals surface area (Å²) in [6.07, 6.45) is 3.85. The first-order chi connectivity index (χ1) is 31.8. The average molecular weight is 935 g/mol. The summed E-state index contributed by atoms with van der Waals surface area (Å²) in [5, 5.41) is 30.0. The number of β-amino-alcohol motifs (C(OH)–C–C–N with tert-alkyl or cyclic N) is 1. The molecule has 5 N–H and O–H groups in total. The molecule has 0 unspecified atom stereocenters. The number of aryl methyl sites for hydroxylation is 1. The summed E-state index contributed by atoms with van der Waals surface area (Å²) in [6.45, 7) is 9.75. The predicted octanol–water partition coefficient (Wildman–Crippen LogP) is 9.14. The van der Waals surface area contributed by atoms with Gasteiger partial charge in [0, 0.05) is 31.8 Å². The Labute approximate surface area is 398 Å². The van der Waals surface area contributed by atoms with Crippen molar-refractivity contribution in [3.8, 4) is 21.9 Å². The highest BCUT2D eigenvalue weighted by molar-refractivity contribution is 7.13. The number of nitrogens with zero attached hydrogens (tertiary/aromatic N) is 2. The van der Waals surface area contributed by atoms with E-state index in [-0.39, 0.29) is 36.4 Å². The lowest BCUT2D eigenvalue weighted by Crippen LogP contribution is -2.56. The maximum atomic E-state index is 14.0. The molecule has 11 nitrogen and oxygen atoms in total. The van der Waals surface area contributed by atoms with Crippen LogP contribution in [0.25, 0.3) is 21.6 Å². The van der Waals surface area contributed by atoms with E-state index in [1.165, 1.54) is 0 Å². The van der Waals surface area contributed by atoms with Crippen LogP contribution in [0, 0.1) is 12.3 Å². The maximum Gasteiger partial charge on any atom is 0.243 e. The van der Waals surface area contributed by atoms with Gasteiger partial charge in [-0.15, -0.1) is 22.9 Å². The van der Waals surface area contributed by atoms with E-state index in [0.717, 1.165) is 75.2 Å². The smallest absolute Gasteiger partial charge is 0.243 e. The number of phenolic OH excluding ortho intramolecular Hbond substituents is 1. The number of aromatic nitrogens is 1. The van der Waals surface area contributed by atoms with E-state index in [1.807, 2.05) is 112 Å². The average Bonchev–Trinajstić information content (AvgIpc) is 3.93. The first-order valence-corrected chi connectivity index (χ1v) is 24.4. The minimum absolute atomic E-state index is 0.0202. The summed E-state index contributed by atoms with van der Waals surface area (Å²) in [5.41, 5.74) is 9.61. The van der Waals surface area contributed by atoms with Crippen molar-refractivity contribution in [2.75, 3.05) is 32.1 Å². The SMILES string of the molecule is Cc1ncsc1-c1ccc(CNC(=O)[C@@H]2C[C@@H](O)CN2C(=O)[C@@H](NCCCCCCC(=O)NCCOc2ccc(C(=C(CCCl)c3ccccc3)c3ccc(O)cc3)cc2)C(C)(C)C)cc1. The number of carbonyl (C=O) groups is 3. The van der Waals surface area contributed by atoms with Gasteiger partial charge in [0.2, 0.25) is 17.7 Å². The number of benzene rings is 4. The van der Waals surface area contributed by atoms with Crippen LogP contribution in [0.1, 0.15) is 93.7 Å². The fraction of sp³-hybridized carbons (Fsp3) is 0.396. The Morgan fingerprint density at radius 3 is 2.18 bits per heavy atom. The number of hydrogen-bond donors (Lipinski definition) is 5. The summed E-state index contributed by atoms with van der Waals surface area (Å²) >= 11 is 7.90. The van der Waals surface area contributed by atoms with E-state index in [4.69, 9.17) is 16.3 Å². The van der Waals surface area contributed by atoms with E-state index < -0.39 is 23.6 Å². The number of hydrogen-bond acceptors (Lipinski definition) is 9. The van der Waals surface area contributed by atoms with Crippen LogP contribution >= 0.6 is 22.9 Å². The zero-order chi connectivity index (χ0) is 47.1. The number of halogens is 1. The van der Waals surface area contributed by atoms with Gasteiger partial charge in [0.05, 0.1) is 34.8 Å². The van der Waals surface area contributed by atoms with Crippen molar-refractivity contribution in [1.29, 1.82) is 0 Å². The lowest BCUT2D eigenvalue weighted by Gasteiger charge is -2.35. The molecule has 350 valence electrons. The zero-order valence-electron chi connectivity index (χ0n) is 38.5. The van der Waals surface area contributed by atoms with Crippen LogP contribution in [0.5, 0.6) is 11.5 Å². The molecule has 0 aliphatic carbocycles. The van der Waals surface area contributed by atoms with Gasteiger partial charge in [-0.3, -0.25) is 14.4 Å². The van der Waals surface area contributed by atoms with Gasteiger partial charge in [-0.05, 0) is 101 Å². The second-order valence-electron chi connectivity index (χ2n) is 17.9. The lowest BCUT2D eigenvalue weighted by molar-refractivity contribution is -0.142. The summed E-state index contributed by atoms with van der Waals surface area (Å²) in [4.78, 5) is 47.1. The van der Waals surface area contributed by atoms with E-state index >= 15 is 0 Å². The number of unbranched alkanes of at least 4 members (excludes halogenated alkanes) is 3. The van der Waals surface area contributed by atoms with Crippen molar-refractivity contribution >= 4 is 51.8 Å². The lowest BCUT2D eigenvalue weighted by atomic mass is 9.85. The molecule has 3 atom stereocenters. The van der Waals surface area contributed by atoms with Crippen LogP contribution in [0.2, 0.25) is 0 Å². The van der Waals surface area contributed by atoms with Gasteiger partial charge in [-0.1, -0.05) is 112 Å². The number of aliphatic hydroxyl groups is 1. The quantitative estimate of drug-likeness (QED) is 0.0262. The van der Waals surface area contributed by atoms with Gasteiger partial charge in [-0.2, -0.15) is 0 Å². The number of ether oxygens (including phenoxy) is 1. The molecule has 2 heterocycles. The molecule has 13 heteroatoms.